The number of fused-ring (bicyclic) bond motifs is 1. The van der Waals surface area contributed by atoms with Gasteiger partial charge in [-0.25, -0.2) is 5.43 Å². The molecule has 2 N–H and O–H groups in total. The minimum Gasteiger partial charge on any atom is -0.454 e. The number of carbonyl (C=O) groups is 2. The highest BCUT2D eigenvalue weighted by molar-refractivity contribution is 6.33. The first-order chi connectivity index (χ1) is 16.9. The Kier molecular flexibility index (Phi) is 7.03. The van der Waals surface area contributed by atoms with E-state index in [-0.39, 0.29) is 18.2 Å². The second kappa shape index (κ2) is 10.5. The van der Waals surface area contributed by atoms with Crippen LogP contribution in [0.4, 0.5) is 5.69 Å². The topological polar surface area (TPSA) is 132 Å². The summed E-state index contributed by atoms with van der Waals surface area (Å²) in [6.07, 6.45) is 2.70. The van der Waals surface area contributed by atoms with Crippen LogP contribution in [0.25, 0.3) is 6.08 Å². The van der Waals surface area contributed by atoms with Crippen molar-refractivity contribution < 1.29 is 24.0 Å². The quantitative estimate of drug-likeness (QED) is 0.222. The van der Waals surface area contributed by atoms with Crippen LogP contribution in [0.2, 0.25) is 5.02 Å². The van der Waals surface area contributed by atoms with Gasteiger partial charge in [0.25, 0.3) is 17.5 Å². The Bertz CT molecular complexity index is 1340. The number of non-ortho nitro benzene ring substituents is 1. The Balaban J connectivity index is 1.55. The fraction of sp³-hybridized carbons (Fsp3) is 0.0417. The summed E-state index contributed by atoms with van der Waals surface area (Å²) in [6, 6.07) is 17.0. The highest BCUT2D eigenvalue weighted by Crippen LogP contribution is 2.36. The Morgan fingerprint density at radius 3 is 2.40 bits per heavy atom. The molecule has 176 valence electrons. The van der Waals surface area contributed by atoms with Crippen LogP contribution in [0.3, 0.4) is 0 Å². The summed E-state index contributed by atoms with van der Waals surface area (Å²) in [5, 5.41) is 17.7. The summed E-state index contributed by atoms with van der Waals surface area (Å²) in [4.78, 5) is 35.9. The monoisotopic (exact) mass is 492 g/mol. The number of nitrogens with zero attached hydrogens (tertiary/aromatic N) is 2. The number of ether oxygens (including phenoxy) is 2. The number of amides is 2. The van der Waals surface area contributed by atoms with E-state index in [4.69, 9.17) is 21.1 Å². The maximum absolute atomic E-state index is 12.9. The molecular formula is C24H17ClN4O6. The van der Waals surface area contributed by atoms with E-state index in [1.165, 1.54) is 36.6 Å². The molecule has 0 fully saturated rings. The fourth-order valence-corrected chi connectivity index (χ4v) is 3.26. The highest BCUT2D eigenvalue weighted by atomic mass is 35.5. The van der Waals surface area contributed by atoms with Crippen molar-refractivity contribution in [3.63, 3.8) is 0 Å². The molecule has 1 aliphatic heterocycles. The van der Waals surface area contributed by atoms with Crippen LogP contribution in [-0.4, -0.2) is 29.7 Å². The number of rotatable bonds is 7. The van der Waals surface area contributed by atoms with E-state index < -0.39 is 16.7 Å². The summed E-state index contributed by atoms with van der Waals surface area (Å²) >= 11 is 6.21. The minimum absolute atomic E-state index is 0.0842. The summed E-state index contributed by atoms with van der Waals surface area (Å²) in [7, 11) is 0. The number of nitro groups is 1. The van der Waals surface area contributed by atoms with Gasteiger partial charge in [0.05, 0.1) is 16.2 Å². The molecule has 0 spiro atoms. The van der Waals surface area contributed by atoms with Gasteiger partial charge in [0.15, 0.2) is 11.5 Å². The Morgan fingerprint density at radius 2 is 1.71 bits per heavy atom. The van der Waals surface area contributed by atoms with Crippen molar-refractivity contribution in [3.05, 3.63) is 104 Å². The molecule has 0 aliphatic carbocycles. The number of benzene rings is 3. The van der Waals surface area contributed by atoms with Gasteiger partial charge in [0.2, 0.25) is 6.79 Å². The number of hydrogen-bond donors (Lipinski definition) is 2. The number of nitro benzene ring substituents is 1. The SMILES string of the molecule is O=C(N/N=C\c1cc2c(cc1Cl)OCO2)/C(=C\c1ccc([N+](=O)[O-])cc1)NC(=O)c1ccccc1. The Labute approximate surface area is 204 Å². The lowest BCUT2D eigenvalue weighted by atomic mass is 10.1. The molecule has 1 heterocycles. The third-order valence-corrected chi connectivity index (χ3v) is 5.13. The number of carbonyl (C=O) groups excluding carboxylic acids is 2. The Hall–Kier alpha value is -4.70. The van der Waals surface area contributed by atoms with Gasteiger partial charge in [-0.2, -0.15) is 5.10 Å². The lowest BCUT2D eigenvalue weighted by Crippen LogP contribution is -2.32. The number of hydrogen-bond acceptors (Lipinski definition) is 7. The lowest BCUT2D eigenvalue weighted by molar-refractivity contribution is -0.384. The zero-order valence-corrected chi connectivity index (χ0v) is 18.7. The van der Waals surface area contributed by atoms with Crippen molar-refractivity contribution in [3.8, 4) is 11.5 Å². The maximum Gasteiger partial charge on any atom is 0.287 e. The molecule has 0 bridgehead atoms. The van der Waals surface area contributed by atoms with E-state index in [0.29, 0.717) is 33.2 Å². The van der Waals surface area contributed by atoms with Gasteiger partial charge in [-0.15, -0.1) is 0 Å². The van der Waals surface area contributed by atoms with Crippen molar-refractivity contribution in [1.29, 1.82) is 0 Å². The average molecular weight is 493 g/mol. The third kappa shape index (κ3) is 5.81. The molecule has 1 aliphatic rings. The molecule has 35 heavy (non-hydrogen) atoms. The zero-order chi connectivity index (χ0) is 24.8. The first kappa shape index (κ1) is 23.5. The fourth-order valence-electron chi connectivity index (χ4n) is 3.05. The summed E-state index contributed by atoms with van der Waals surface area (Å²) in [6.45, 7) is 0.0842. The number of hydrazone groups is 1. The first-order valence-corrected chi connectivity index (χ1v) is 10.5. The van der Waals surface area contributed by atoms with Crippen LogP contribution in [-0.2, 0) is 4.79 Å². The Morgan fingerprint density at radius 1 is 1.03 bits per heavy atom. The van der Waals surface area contributed by atoms with Crippen LogP contribution < -0.4 is 20.2 Å². The highest BCUT2D eigenvalue weighted by Gasteiger charge is 2.17. The molecule has 3 aromatic rings. The standard InChI is InChI=1S/C24H17ClN4O6/c25-19-12-22-21(34-14-35-22)11-17(19)13-26-28-24(31)20(27-23(30)16-4-2-1-3-5-16)10-15-6-8-18(9-7-15)29(32)33/h1-13H,14H2,(H,27,30)(H,28,31)/b20-10+,26-13-. The van der Waals surface area contributed by atoms with Crippen LogP contribution in [0.1, 0.15) is 21.5 Å². The van der Waals surface area contributed by atoms with E-state index >= 15 is 0 Å². The van der Waals surface area contributed by atoms with Crippen molar-refractivity contribution in [2.75, 3.05) is 6.79 Å². The third-order valence-electron chi connectivity index (χ3n) is 4.81. The second-order valence-corrected chi connectivity index (χ2v) is 7.56. The molecule has 2 amide bonds. The largest absolute Gasteiger partial charge is 0.454 e. The molecule has 0 radical (unpaired) electrons. The van der Waals surface area contributed by atoms with Crippen LogP contribution in [0.15, 0.2) is 77.5 Å². The molecule has 0 unspecified atom stereocenters. The molecule has 3 aromatic carbocycles. The molecule has 4 rings (SSSR count). The maximum atomic E-state index is 12.9. The van der Waals surface area contributed by atoms with Crippen molar-refractivity contribution in [2.45, 2.75) is 0 Å². The van der Waals surface area contributed by atoms with Crippen molar-refractivity contribution >= 4 is 41.4 Å². The molecule has 11 heteroatoms. The van der Waals surface area contributed by atoms with Gasteiger partial charge in [-0.1, -0.05) is 29.8 Å². The smallest absolute Gasteiger partial charge is 0.287 e. The van der Waals surface area contributed by atoms with E-state index in [9.17, 15) is 19.7 Å². The van der Waals surface area contributed by atoms with Crippen LogP contribution >= 0.6 is 11.6 Å². The summed E-state index contributed by atoms with van der Waals surface area (Å²) in [5.41, 5.74) is 3.38. The first-order valence-electron chi connectivity index (χ1n) is 10.2. The van der Waals surface area contributed by atoms with Gasteiger partial charge in [0.1, 0.15) is 5.70 Å². The average Bonchev–Trinajstić information content (AvgIpc) is 3.31. The van der Waals surface area contributed by atoms with Gasteiger partial charge >= 0.3 is 0 Å². The van der Waals surface area contributed by atoms with Gasteiger partial charge in [-0.05, 0) is 42.0 Å². The summed E-state index contributed by atoms with van der Waals surface area (Å²) < 4.78 is 10.6. The van der Waals surface area contributed by atoms with E-state index in [1.807, 2.05) is 0 Å². The normalized spacial score (nSPS) is 12.4. The molecule has 0 saturated carbocycles. The van der Waals surface area contributed by atoms with E-state index in [2.05, 4.69) is 15.8 Å². The van der Waals surface area contributed by atoms with Crippen LogP contribution in [0, 0.1) is 10.1 Å². The van der Waals surface area contributed by atoms with Gasteiger partial charge < -0.3 is 14.8 Å². The summed E-state index contributed by atoms with van der Waals surface area (Å²) in [5.74, 6) is -0.235. The number of nitrogens with one attached hydrogen (secondary N) is 2. The molecule has 0 atom stereocenters. The molecule has 10 nitrogen and oxygen atoms in total. The van der Waals surface area contributed by atoms with Crippen LogP contribution in [0.5, 0.6) is 11.5 Å². The predicted molar refractivity (Wildman–Crippen MR) is 128 cm³/mol. The van der Waals surface area contributed by atoms with E-state index in [1.54, 1.807) is 42.5 Å². The van der Waals surface area contributed by atoms with Crippen molar-refractivity contribution in [2.24, 2.45) is 5.10 Å². The lowest BCUT2D eigenvalue weighted by Gasteiger charge is -2.09. The number of halogens is 1. The second-order valence-electron chi connectivity index (χ2n) is 7.15. The van der Waals surface area contributed by atoms with Gasteiger partial charge in [0, 0.05) is 29.3 Å². The van der Waals surface area contributed by atoms with E-state index in [0.717, 1.165) is 0 Å². The molecule has 0 saturated heterocycles. The molecular weight excluding hydrogens is 476 g/mol. The van der Waals surface area contributed by atoms with Gasteiger partial charge in [-0.3, -0.25) is 19.7 Å². The zero-order valence-electron chi connectivity index (χ0n) is 17.9. The van der Waals surface area contributed by atoms with Crippen molar-refractivity contribution in [1.82, 2.24) is 10.7 Å². The minimum atomic E-state index is -0.722. The molecule has 0 aromatic heterocycles. The predicted octanol–water partition coefficient (Wildman–Crippen LogP) is 3.90.